The van der Waals surface area contributed by atoms with Crippen molar-refractivity contribution >= 4 is 12.0 Å². The van der Waals surface area contributed by atoms with Crippen LogP contribution in [0.3, 0.4) is 0 Å². The monoisotopic (exact) mass is 392 g/mol. The van der Waals surface area contributed by atoms with Crippen LogP contribution >= 0.6 is 0 Å². The Morgan fingerprint density at radius 1 is 1.31 bits per heavy atom. The molecule has 2 atom stereocenters. The van der Waals surface area contributed by atoms with Crippen molar-refractivity contribution in [2.24, 2.45) is 17.1 Å². The average molecular weight is 393 g/mol. The molecule has 0 bridgehead atoms. The van der Waals surface area contributed by atoms with Gasteiger partial charge >= 0.3 is 0 Å². The Bertz CT molecular complexity index is 867. The van der Waals surface area contributed by atoms with Crippen molar-refractivity contribution in [3.8, 4) is 0 Å². The van der Waals surface area contributed by atoms with E-state index in [1.807, 2.05) is 6.08 Å². The second kappa shape index (κ2) is 7.12. The van der Waals surface area contributed by atoms with E-state index >= 15 is 0 Å². The summed E-state index contributed by atoms with van der Waals surface area (Å²) in [7, 11) is 0. The van der Waals surface area contributed by atoms with Crippen LogP contribution in [0.2, 0.25) is 0 Å². The third-order valence-electron chi connectivity index (χ3n) is 7.56. The van der Waals surface area contributed by atoms with Crippen LogP contribution in [-0.4, -0.2) is 11.9 Å². The third-order valence-corrected chi connectivity index (χ3v) is 7.56. The lowest BCUT2D eigenvalue weighted by Crippen LogP contribution is -2.43. The van der Waals surface area contributed by atoms with E-state index in [1.165, 1.54) is 23.1 Å². The van der Waals surface area contributed by atoms with Gasteiger partial charge < -0.3 is 11.1 Å². The van der Waals surface area contributed by atoms with Gasteiger partial charge in [0.05, 0.1) is 0 Å². The number of nitrogens with two attached hydrogens (primary N) is 1. The van der Waals surface area contributed by atoms with Crippen LogP contribution in [0.5, 0.6) is 0 Å². The average Bonchev–Trinajstić information content (AvgIpc) is 2.61. The van der Waals surface area contributed by atoms with Crippen LogP contribution in [0.4, 0.5) is 0 Å². The van der Waals surface area contributed by atoms with Gasteiger partial charge in [-0.25, -0.2) is 0 Å². The maximum Gasteiger partial charge on any atom is 0.247 e. The maximum atomic E-state index is 12.9. The molecule has 0 spiro atoms. The fraction of sp³-hybridized carbons (Fsp3) is 0.577. The number of hydrogen-bond acceptors (Lipinski definition) is 2. The molecule has 1 aromatic rings. The Balaban J connectivity index is 1.72. The molecule has 1 amide bonds. The molecule has 156 valence electrons. The summed E-state index contributed by atoms with van der Waals surface area (Å²) in [6.07, 6.45) is 10.5. The number of rotatable bonds is 4. The van der Waals surface area contributed by atoms with Crippen LogP contribution in [0, 0.1) is 11.3 Å². The van der Waals surface area contributed by atoms with Crippen LogP contribution < -0.4 is 11.1 Å². The van der Waals surface area contributed by atoms with E-state index in [9.17, 15) is 4.79 Å². The second-order valence-corrected chi connectivity index (χ2v) is 10.7. The maximum absolute atomic E-state index is 12.9. The van der Waals surface area contributed by atoms with Crippen LogP contribution in [0.25, 0.3) is 6.08 Å². The van der Waals surface area contributed by atoms with Crippen molar-refractivity contribution in [2.75, 3.05) is 0 Å². The van der Waals surface area contributed by atoms with E-state index in [4.69, 9.17) is 5.73 Å². The van der Waals surface area contributed by atoms with Gasteiger partial charge in [-0.05, 0) is 97.9 Å². The number of hydrogen-bond donors (Lipinski definition) is 2. The topological polar surface area (TPSA) is 55.1 Å². The first-order valence-corrected chi connectivity index (χ1v) is 11.2. The minimum Gasteiger partial charge on any atom is -0.350 e. The van der Waals surface area contributed by atoms with Gasteiger partial charge in [0, 0.05) is 17.2 Å². The van der Waals surface area contributed by atoms with Crippen LogP contribution in [-0.2, 0) is 16.8 Å². The molecule has 3 nitrogen and oxygen atoms in total. The lowest BCUT2D eigenvalue weighted by Gasteiger charge is -2.48. The molecule has 3 aliphatic carbocycles. The first kappa shape index (κ1) is 20.4. The minimum absolute atomic E-state index is 0.151. The summed E-state index contributed by atoms with van der Waals surface area (Å²) in [4.78, 5) is 12.9. The van der Waals surface area contributed by atoms with Gasteiger partial charge in [0.25, 0.3) is 0 Å². The molecular formula is C26H36N2O. The van der Waals surface area contributed by atoms with Gasteiger partial charge in [-0.15, -0.1) is 0 Å². The molecule has 0 radical (unpaired) electrons. The zero-order valence-electron chi connectivity index (χ0n) is 18.5. The summed E-state index contributed by atoms with van der Waals surface area (Å²) in [5, 5.41) is 3.24. The highest BCUT2D eigenvalue weighted by Crippen LogP contribution is 2.54. The summed E-state index contributed by atoms with van der Waals surface area (Å²) in [5.74, 6) is 1.06. The number of nitrogens with one attached hydrogen (secondary N) is 1. The zero-order chi connectivity index (χ0) is 21.0. The summed E-state index contributed by atoms with van der Waals surface area (Å²) < 4.78 is 0. The second-order valence-electron chi connectivity index (χ2n) is 10.7. The van der Waals surface area contributed by atoms with E-state index in [0.29, 0.717) is 17.9 Å². The molecule has 2 unspecified atom stereocenters. The Labute approximate surface area is 175 Å². The highest BCUT2D eigenvalue weighted by Gasteiger charge is 2.44. The fourth-order valence-electron chi connectivity index (χ4n) is 5.58. The Hall–Kier alpha value is -1.87. The van der Waals surface area contributed by atoms with Gasteiger partial charge in [0.15, 0.2) is 0 Å². The summed E-state index contributed by atoms with van der Waals surface area (Å²) >= 11 is 0. The largest absolute Gasteiger partial charge is 0.350 e. The van der Waals surface area contributed by atoms with E-state index in [1.54, 1.807) is 0 Å². The highest BCUT2D eigenvalue weighted by molar-refractivity contribution is 5.94. The lowest BCUT2D eigenvalue weighted by atomic mass is 9.56. The van der Waals surface area contributed by atoms with Crippen molar-refractivity contribution in [3.63, 3.8) is 0 Å². The van der Waals surface area contributed by atoms with Crippen molar-refractivity contribution in [2.45, 2.75) is 83.7 Å². The van der Waals surface area contributed by atoms with Gasteiger partial charge in [-0.1, -0.05) is 38.6 Å². The molecule has 3 aliphatic rings. The van der Waals surface area contributed by atoms with Crippen LogP contribution in [0.1, 0.15) is 88.0 Å². The molecule has 3 heteroatoms. The fourth-order valence-corrected chi connectivity index (χ4v) is 5.58. The summed E-state index contributed by atoms with van der Waals surface area (Å²) in [6, 6.07) is 4.91. The van der Waals surface area contributed by atoms with Gasteiger partial charge in [0.1, 0.15) is 0 Å². The van der Waals surface area contributed by atoms with Crippen molar-refractivity contribution in [1.82, 2.24) is 5.32 Å². The molecule has 1 fully saturated rings. The van der Waals surface area contributed by atoms with Crippen LogP contribution in [0.15, 0.2) is 30.4 Å². The smallest absolute Gasteiger partial charge is 0.247 e. The number of carbonyl (C=O) groups excluding carboxylic acids is 1. The van der Waals surface area contributed by atoms with E-state index < -0.39 is 0 Å². The van der Waals surface area contributed by atoms with Gasteiger partial charge in [-0.3, -0.25) is 4.79 Å². The number of benzene rings is 1. The van der Waals surface area contributed by atoms with E-state index in [2.05, 4.69) is 57.8 Å². The first-order valence-electron chi connectivity index (χ1n) is 11.2. The summed E-state index contributed by atoms with van der Waals surface area (Å²) in [6.45, 7) is 13.0. The minimum atomic E-state index is -0.381. The molecule has 0 saturated heterocycles. The SMILES string of the molecule is C=Cc1cc(C(C)(C)N)cc2c1C1CC(C(=O)NC3CCC3)=CCC1C(C)(C)C2. The molecule has 1 aromatic carbocycles. The lowest BCUT2D eigenvalue weighted by molar-refractivity contribution is -0.119. The van der Waals surface area contributed by atoms with Crippen molar-refractivity contribution < 1.29 is 4.79 Å². The Morgan fingerprint density at radius 2 is 2.03 bits per heavy atom. The third kappa shape index (κ3) is 3.70. The number of fused-ring (bicyclic) bond motifs is 3. The first-order chi connectivity index (χ1) is 13.6. The summed E-state index contributed by atoms with van der Waals surface area (Å²) in [5.41, 5.74) is 12.4. The van der Waals surface area contributed by atoms with Crippen molar-refractivity contribution in [3.05, 3.63) is 52.6 Å². The van der Waals surface area contributed by atoms with E-state index in [0.717, 1.165) is 43.2 Å². The van der Waals surface area contributed by atoms with E-state index in [-0.39, 0.29) is 16.9 Å². The molecular weight excluding hydrogens is 356 g/mol. The normalized spacial score (nSPS) is 25.9. The molecule has 29 heavy (non-hydrogen) atoms. The molecule has 0 heterocycles. The molecule has 4 rings (SSSR count). The number of allylic oxidation sites excluding steroid dienone is 1. The zero-order valence-corrected chi connectivity index (χ0v) is 18.5. The highest BCUT2D eigenvalue weighted by atomic mass is 16.1. The molecule has 0 aromatic heterocycles. The standard InChI is InChI=1S/C26H36N2O/c1-6-16-12-19(26(4,5)27)13-18-15-25(2,3)22-11-10-17(14-21(22)23(16)18)24(29)28-20-8-7-9-20/h6,10,12-13,20-22H,1,7-9,11,14-15,27H2,2-5H3,(H,28,29). The number of carbonyl (C=O) groups is 1. The van der Waals surface area contributed by atoms with Gasteiger partial charge in [-0.2, -0.15) is 0 Å². The molecule has 0 aliphatic heterocycles. The predicted molar refractivity (Wildman–Crippen MR) is 121 cm³/mol. The quantitative estimate of drug-likeness (QED) is 0.740. The molecule has 3 N–H and O–H groups in total. The predicted octanol–water partition coefficient (Wildman–Crippen LogP) is 5.19. The number of amides is 1. The van der Waals surface area contributed by atoms with Gasteiger partial charge in [0.2, 0.25) is 5.91 Å². The Kier molecular flexibility index (Phi) is 5.01. The Morgan fingerprint density at radius 3 is 2.62 bits per heavy atom. The van der Waals surface area contributed by atoms with Crippen molar-refractivity contribution in [1.29, 1.82) is 0 Å². The molecule has 1 saturated carbocycles.